The van der Waals surface area contributed by atoms with E-state index in [1.165, 1.54) is 11.1 Å². The molecule has 0 aliphatic heterocycles. The number of hydrogen-bond donors (Lipinski definition) is 0. The van der Waals surface area contributed by atoms with Crippen molar-refractivity contribution in [3.63, 3.8) is 0 Å². The molecule has 0 radical (unpaired) electrons. The van der Waals surface area contributed by atoms with E-state index in [-0.39, 0.29) is 0 Å². The number of para-hydroxylation sites is 3. The van der Waals surface area contributed by atoms with Gasteiger partial charge in [-0.15, -0.1) is 0 Å². The molecule has 0 amide bonds. The van der Waals surface area contributed by atoms with Crippen LogP contribution >= 0.6 is 0 Å². The fraction of sp³-hybridized carbons (Fsp3) is 0. The van der Waals surface area contributed by atoms with Crippen LogP contribution in [0, 0.1) is 0 Å². The number of furan rings is 1. The SMILES string of the molecule is c1ccc(-c2ccc(-c3ccc4c(c3)oc3c(-c5nc(-c6ccccc6)nc(-n6c7ccccc7c7ccccc76)n5)cccc34)cc2)cc1. The average molecular weight is 641 g/mol. The first-order valence-corrected chi connectivity index (χ1v) is 16.7. The fourth-order valence-electron chi connectivity index (χ4n) is 7.08. The zero-order chi connectivity index (χ0) is 33.0. The van der Waals surface area contributed by atoms with E-state index in [4.69, 9.17) is 19.4 Å². The van der Waals surface area contributed by atoms with Gasteiger partial charge in [-0.1, -0.05) is 140 Å². The van der Waals surface area contributed by atoms with Crippen molar-refractivity contribution in [3.8, 4) is 51.0 Å². The van der Waals surface area contributed by atoms with E-state index >= 15 is 0 Å². The number of nitrogens with zero attached hydrogens (tertiary/aromatic N) is 4. The van der Waals surface area contributed by atoms with Crippen LogP contribution in [-0.2, 0) is 0 Å². The lowest BCUT2D eigenvalue weighted by atomic mass is 9.99. The molecule has 0 aliphatic rings. The van der Waals surface area contributed by atoms with Crippen LogP contribution in [0.5, 0.6) is 0 Å². The zero-order valence-electron chi connectivity index (χ0n) is 26.9. The zero-order valence-corrected chi connectivity index (χ0v) is 26.9. The van der Waals surface area contributed by atoms with Gasteiger partial charge in [0, 0.05) is 27.1 Å². The predicted octanol–water partition coefficient (Wildman–Crippen LogP) is 11.5. The van der Waals surface area contributed by atoms with Crippen LogP contribution in [0.2, 0.25) is 0 Å². The van der Waals surface area contributed by atoms with Crippen LogP contribution in [0.1, 0.15) is 0 Å². The number of hydrogen-bond acceptors (Lipinski definition) is 4. The third-order valence-corrected chi connectivity index (χ3v) is 9.50. The Labute approximate surface area is 287 Å². The molecule has 10 rings (SSSR count). The van der Waals surface area contributed by atoms with E-state index in [2.05, 4.69) is 132 Å². The van der Waals surface area contributed by atoms with Gasteiger partial charge < -0.3 is 4.42 Å². The van der Waals surface area contributed by atoms with Crippen LogP contribution in [0.15, 0.2) is 174 Å². The van der Waals surface area contributed by atoms with E-state index < -0.39 is 0 Å². The molecule has 0 fully saturated rings. The highest BCUT2D eigenvalue weighted by atomic mass is 16.3. The molecule has 5 nitrogen and oxygen atoms in total. The van der Waals surface area contributed by atoms with Crippen molar-refractivity contribution in [2.75, 3.05) is 0 Å². The van der Waals surface area contributed by atoms with Gasteiger partial charge in [0.05, 0.1) is 16.6 Å². The molecule has 3 heterocycles. The quantitative estimate of drug-likeness (QED) is 0.188. The summed E-state index contributed by atoms with van der Waals surface area (Å²) in [5, 5.41) is 4.36. The first-order valence-electron chi connectivity index (χ1n) is 16.7. The maximum atomic E-state index is 6.70. The molecule has 3 aromatic heterocycles. The second kappa shape index (κ2) is 11.4. The summed E-state index contributed by atoms with van der Waals surface area (Å²) < 4.78 is 8.84. The van der Waals surface area contributed by atoms with Crippen LogP contribution in [0.3, 0.4) is 0 Å². The molecular weight excluding hydrogens is 613 g/mol. The molecule has 0 unspecified atom stereocenters. The average Bonchev–Trinajstić information content (AvgIpc) is 3.74. The van der Waals surface area contributed by atoms with Crippen molar-refractivity contribution in [1.29, 1.82) is 0 Å². The summed E-state index contributed by atoms with van der Waals surface area (Å²) in [6, 6.07) is 58.6. The third-order valence-electron chi connectivity index (χ3n) is 9.50. The maximum Gasteiger partial charge on any atom is 0.238 e. The lowest BCUT2D eigenvalue weighted by Crippen LogP contribution is -2.06. The van der Waals surface area contributed by atoms with Crippen LogP contribution in [0.25, 0.3) is 94.7 Å². The van der Waals surface area contributed by atoms with Gasteiger partial charge in [0.1, 0.15) is 11.2 Å². The highest BCUT2D eigenvalue weighted by Gasteiger charge is 2.20. The maximum absolute atomic E-state index is 6.70. The Hall–Kier alpha value is -6.85. The van der Waals surface area contributed by atoms with Crippen LogP contribution < -0.4 is 0 Å². The van der Waals surface area contributed by atoms with E-state index in [1.54, 1.807) is 0 Å². The lowest BCUT2D eigenvalue weighted by molar-refractivity contribution is 0.669. The number of aromatic nitrogens is 4. The third kappa shape index (κ3) is 4.60. The normalized spacial score (nSPS) is 11.6. The van der Waals surface area contributed by atoms with Gasteiger partial charge in [0.15, 0.2) is 11.6 Å². The molecule has 0 N–H and O–H groups in total. The molecule has 10 aromatic rings. The molecule has 0 aliphatic carbocycles. The van der Waals surface area contributed by atoms with E-state index in [9.17, 15) is 0 Å². The topological polar surface area (TPSA) is 56.7 Å². The van der Waals surface area contributed by atoms with E-state index in [0.29, 0.717) is 17.6 Å². The molecule has 0 spiro atoms. The molecule has 0 atom stereocenters. The summed E-state index contributed by atoms with van der Waals surface area (Å²) in [4.78, 5) is 15.3. The van der Waals surface area contributed by atoms with E-state index in [0.717, 1.165) is 66.0 Å². The highest BCUT2D eigenvalue weighted by Crippen LogP contribution is 2.38. The molecule has 0 bridgehead atoms. The van der Waals surface area contributed by atoms with Crippen LogP contribution in [-0.4, -0.2) is 19.5 Å². The second-order valence-corrected chi connectivity index (χ2v) is 12.5. The number of benzene rings is 7. The van der Waals surface area contributed by atoms with Gasteiger partial charge in [0.25, 0.3) is 0 Å². The van der Waals surface area contributed by atoms with Crippen molar-refractivity contribution in [1.82, 2.24) is 19.5 Å². The van der Waals surface area contributed by atoms with Gasteiger partial charge in [-0.2, -0.15) is 9.97 Å². The molecule has 0 saturated heterocycles. The molecule has 0 saturated carbocycles. The summed E-state index contributed by atoms with van der Waals surface area (Å²) in [5.74, 6) is 1.71. The molecule has 7 aromatic carbocycles. The first kappa shape index (κ1) is 28.2. The standard InChI is InChI=1S/C45H28N4O/c1-3-12-29(13-4-1)30-22-24-31(25-23-30)33-26-27-36-37-18-11-19-38(42(37)50-41(36)28-33)44-46-43(32-14-5-2-6-15-32)47-45(48-44)49-39-20-9-7-16-34(39)35-17-8-10-21-40(35)49/h1-28H. The second-order valence-electron chi connectivity index (χ2n) is 12.5. The van der Waals surface area contributed by atoms with Crippen molar-refractivity contribution in [2.24, 2.45) is 0 Å². The minimum Gasteiger partial charge on any atom is -0.455 e. The summed E-state index contributed by atoms with van der Waals surface area (Å²) in [6.07, 6.45) is 0. The minimum absolute atomic E-state index is 0.553. The Morgan fingerprint density at radius 3 is 1.62 bits per heavy atom. The van der Waals surface area contributed by atoms with Crippen molar-refractivity contribution < 1.29 is 4.42 Å². The smallest absolute Gasteiger partial charge is 0.238 e. The number of fused-ring (bicyclic) bond motifs is 6. The summed E-state index contributed by atoms with van der Waals surface area (Å²) >= 11 is 0. The Morgan fingerprint density at radius 1 is 0.380 bits per heavy atom. The number of rotatable bonds is 5. The predicted molar refractivity (Wildman–Crippen MR) is 203 cm³/mol. The van der Waals surface area contributed by atoms with Gasteiger partial charge in [0.2, 0.25) is 5.95 Å². The first-order chi connectivity index (χ1) is 24.8. The monoisotopic (exact) mass is 640 g/mol. The Morgan fingerprint density at radius 2 is 0.920 bits per heavy atom. The molecule has 5 heteroatoms. The van der Waals surface area contributed by atoms with Gasteiger partial charge in [-0.05, 0) is 52.6 Å². The highest BCUT2D eigenvalue weighted by molar-refractivity contribution is 6.10. The Bertz CT molecular complexity index is 2800. The molecule has 50 heavy (non-hydrogen) atoms. The summed E-state index contributed by atoms with van der Waals surface area (Å²) in [5.41, 5.74) is 9.99. The summed E-state index contributed by atoms with van der Waals surface area (Å²) in [7, 11) is 0. The fourth-order valence-corrected chi connectivity index (χ4v) is 7.08. The molecular formula is C45H28N4O. The largest absolute Gasteiger partial charge is 0.455 e. The van der Waals surface area contributed by atoms with E-state index in [1.807, 2.05) is 42.5 Å². The van der Waals surface area contributed by atoms with Crippen molar-refractivity contribution in [3.05, 3.63) is 170 Å². The van der Waals surface area contributed by atoms with Gasteiger partial charge >= 0.3 is 0 Å². The van der Waals surface area contributed by atoms with Gasteiger partial charge in [-0.3, -0.25) is 4.57 Å². The Kier molecular flexibility index (Phi) is 6.42. The van der Waals surface area contributed by atoms with Crippen molar-refractivity contribution in [2.45, 2.75) is 0 Å². The molecule has 234 valence electrons. The van der Waals surface area contributed by atoms with Crippen LogP contribution in [0.4, 0.5) is 0 Å². The Balaban J connectivity index is 1.14. The summed E-state index contributed by atoms with van der Waals surface area (Å²) in [6.45, 7) is 0. The van der Waals surface area contributed by atoms with Crippen molar-refractivity contribution >= 4 is 43.7 Å². The van der Waals surface area contributed by atoms with Gasteiger partial charge in [-0.25, -0.2) is 4.98 Å². The minimum atomic E-state index is 0.553. The lowest BCUT2D eigenvalue weighted by Gasteiger charge is -2.11.